The monoisotopic (exact) mass is 334 g/mol. The van der Waals surface area contributed by atoms with Gasteiger partial charge in [-0.1, -0.05) is 23.9 Å². The third kappa shape index (κ3) is 3.89. The van der Waals surface area contributed by atoms with E-state index in [-0.39, 0.29) is 16.7 Å². The molecular formula is C15H18N4O3S. The molecule has 122 valence electrons. The highest BCUT2D eigenvalue weighted by Crippen LogP contribution is 2.22. The molecule has 0 bridgehead atoms. The van der Waals surface area contributed by atoms with Gasteiger partial charge in [0.15, 0.2) is 5.17 Å². The Balaban J connectivity index is 1.67. The van der Waals surface area contributed by atoms with E-state index in [2.05, 4.69) is 15.5 Å². The second-order valence-corrected chi connectivity index (χ2v) is 6.46. The van der Waals surface area contributed by atoms with Gasteiger partial charge in [0.25, 0.3) is 5.69 Å². The number of nitrogens with one attached hydrogen (secondary N) is 1. The van der Waals surface area contributed by atoms with Crippen LogP contribution in [0.1, 0.15) is 24.0 Å². The van der Waals surface area contributed by atoms with Crippen LogP contribution in [0, 0.1) is 17.0 Å². The number of thioether (sulfide) groups is 1. The lowest BCUT2D eigenvalue weighted by molar-refractivity contribution is -0.385. The van der Waals surface area contributed by atoms with Crippen molar-refractivity contribution < 1.29 is 9.66 Å². The number of amidine groups is 1. The van der Waals surface area contributed by atoms with Gasteiger partial charge >= 0.3 is 0 Å². The molecule has 0 saturated carbocycles. The van der Waals surface area contributed by atoms with E-state index in [9.17, 15) is 10.1 Å². The van der Waals surface area contributed by atoms with E-state index in [4.69, 9.17) is 4.74 Å². The zero-order valence-corrected chi connectivity index (χ0v) is 13.6. The fourth-order valence-corrected chi connectivity index (χ4v) is 3.28. The molecule has 8 heteroatoms. The summed E-state index contributed by atoms with van der Waals surface area (Å²) < 4.78 is 5.54. The van der Waals surface area contributed by atoms with Gasteiger partial charge in [-0.3, -0.25) is 20.5 Å². The van der Waals surface area contributed by atoms with Gasteiger partial charge < -0.3 is 4.74 Å². The lowest BCUT2D eigenvalue weighted by atomic mass is 10.1. The minimum absolute atomic E-state index is 0.119. The van der Waals surface area contributed by atoms with Crippen molar-refractivity contribution in [3.05, 3.63) is 39.4 Å². The fraction of sp³-hybridized carbons (Fsp3) is 0.467. The van der Waals surface area contributed by atoms with Crippen molar-refractivity contribution in [2.45, 2.75) is 25.9 Å². The molecule has 2 aliphatic heterocycles. The van der Waals surface area contributed by atoms with Crippen LogP contribution in [-0.4, -0.2) is 40.8 Å². The first-order valence-corrected chi connectivity index (χ1v) is 8.49. The molecule has 23 heavy (non-hydrogen) atoms. The van der Waals surface area contributed by atoms with Crippen LogP contribution in [0.15, 0.2) is 28.3 Å². The van der Waals surface area contributed by atoms with Crippen molar-refractivity contribution in [3.8, 4) is 0 Å². The summed E-state index contributed by atoms with van der Waals surface area (Å²) in [5.41, 5.74) is 5.25. The SMILES string of the molecule is Cc1ccc(C2=NNC(=NC[C@H]3CCCO3)SC2)cc1[N+](=O)[O-]. The number of nitro benzene ring substituents is 1. The van der Waals surface area contributed by atoms with Gasteiger partial charge in [0.2, 0.25) is 0 Å². The van der Waals surface area contributed by atoms with Gasteiger partial charge in [0.05, 0.1) is 23.3 Å². The summed E-state index contributed by atoms with van der Waals surface area (Å²) in [6.07, 6.45) is 2.38. The summed E-state index contributed by atoms with van der Waals surface area (Å²) in [6, 6.07) is 5.19. The van der Waals surface area contributed by atoms with E-state index >= 15 is 0 Å². The van der Waals surface area contributed by atoms with Crippen molar-refractivity contribution in [1.82, 2.24) is 5.43 Å². The summed E-state index contributed by atoms with van der Waals surface area (Å²) in [6.45, 7) is 3.20. The van der Waals surface area contributed by atoms with Crippen LogP contribution in [0.4, 0.5) is 5.69 Å². The van der Waals surface area contributed by atoms with Crippen LogP contribution in [0.25, 0.3) is 0 Å². The molecule has 1 saturated heterocycles. The van der Waals surface area contributed by atoms with Crippen LogP contribution < -0.4 is 5.43 Å². The molecule has 3 rings (SSSR count). The normalized spacial score (nSPS) is 22.7. The van der Waals surface area contributed by atoms with Crippen molar-refractivity contribution in [3.63, 3.8) is 0 Å². The molecule has 0 radical (unpaired) electrons. The third-order valence-corrected chi connectivity index (χ3v) is 4.75. The second kappa shape index (κ2) is 7.10. The Bertz CT molecular complexity index is 669. The molecule has 0 aromatic heterocycles. The standard InChI is InChI=1S/C15H18N4O3S/c1-10-4-5-11(7-14(10)19(20)21)13-9-23-15(18-17-13)16-8-12-3-2-6-22-12/h4-5,7,12H,2-3,6,8-9H2,1H3,(H,16,18)/t12-/m1/s1. The Kier molecular flexibility index (Phi) is 4.92. The first-order valence-electron chi connectivity index (χ1n) is 7.50. The van der Waals surface area contributed by atoms with Gasteiger partial charge in [-0.15, -0.1) is 0 Å². The highest BCUT2D eigenvalue weighted by Gasteiger charge is 2.19. The van der Waals surface area contributed by atoms with Crippen molar-refractivity contribution in [1.29, 1.82) is 0 Å². The number of hydrazone groups is 1. The van der Waals surface area contributed by atoms with Crippen LogP contribution in [0.2, 0.25) is 0 Å². The topological polar surface area (TPSA) is 89.1 Å². The second-order valence-electron chi connectivity index (χ2n) is 5.50. The average molecular weight is 334 g/mol. The number of ether oxygens (including phenoxy) is 1. The number of nitro groups is 1. The molecule has 1 atom stereocenters. The molecule has 2 heterocycles. The Labute approximate surface area is 138 Å². The molecule has 0 spiro atoms. The summed E-state index contributed by atoms with van der Waals surface area (Å²) in [5.74, 6) is 0.636. The van der Waals surface area contributed by atoms with Gasteiger partial charge in [0.1, 0.15) is 0 Å². The molecule has 1 aromatic carbocycles. The summed E-state index contributed by atoms with van der Waals surface area (Å²) in [7, 11) is 0. The number of hydrogen-bond acceptors (Lipinski definition) is 6. The quantitative estimate of drug-likeness (QED) is 0.675. The Morgan fingerprint density at radius 2 is 2.43 bits per heavy atom. The van der Waals surface area contributed by atoms with E-state index in [1.807, 2.05) is 6.07 Å². The van der Waals surface area contributed by atoms with Crippen LogP contribution in [-0.2, 0) is 4.74 Å². The summed E-state index contributed by atoms with van der Waals surface area (Å²) in [4.78, 5) is 15.2. The zero-order valence-electron chi connectivity index (χ0n) is 12.8. The molecule has 0 unspecified atom stereocenters. The van der Waals surface area contributed by atoms with Crippen LogP contribution in [0.5, 0.6) is 0 Å². The minimum atomic E-state index is -0.364. The van der Waals surface area contributed by atoms with Crippen molar-refractivity contribution >= 4 is 28.3 Å². The van der Waals surface area contributed by atoms with E-state index in [1.165, 1.54) is 0 Å². The predicted octanol–water partition coefficient (Wildman–Crippen LogP) is 2.48. The van der Waals surface area contributed by atoms with E-state index in [0.29, 0.717) is 17.9 Å². The van der Waals surface area contributed by atoms with E-state index in [1.54, 1.807) is 30.8 Å². The number of nitrogens with zero attached hydrogens (tertiary/aromatic N) is 3. The van der Waals surface area contributed by atoms with Gasteiger partial charge in [0, 0.05) is 29.6 Å². The molecule has 0 amide bonds. The van der Waals surface area contributed by atoms with E-state index in [0.717, 1.165) is 35.9 Å². The van der Waals surface area contributed by atoms with E-state index < -0.39 is 0 Å². The predicted molar refractivity (Wildman–Crippen MR) is 91.2 cm³/mol. The minimum Gasteiger partial charge on any atom is -0.376 e. The van der Waals surface area contributed by atoms with Crippen LogP contribution >= 0.6 is 11.8 Å². The number of aliphatic imine (C=N–C) groups is 1. The lowest BCUT2D eigenvalue weighted by Gasteiger charge is -2.15. The van der Waals surface area contributed by atoms with Crippen LogP contribution in [0.3, 0.4) is 0 Å². The maximum atomic E-state index is 11.0. The highest BCUT2D eigenvalue weighted by molar-refractivity contribution is 8.14. The van der Waals surface area contributed by atoms with Crippen molar-refractivity contribution in [2.24, 2.45) is 10.1 Å². The first-order chi connectivity index (χ1) is 11.1. The molecule has 1 fully saturated rings. The molecule has 0 aliphatic carbocycles. The number of benzene rings is 1. The van der Waals surface area contributed by atoms with Crippen molar-refractivity contribution in [2.75, 3.05) is 18.9 Å². The molecular weight excluding hydrogens is 316 g/mol. The smallest absolute Gasteiger partial charge is 0.272 e. The fourth-order valence-electron chi connectivity index (χ4n) is 2.50. The van der Waals surface area contributed by atoms with Gasteiger partial charge in [-0.05, 0) is 19.8 Å². The zero-order chi connectivity index (χ0) is 16.2. The maximum Gasteiger partial charge on any atom is 0.272 e. The lowest BCUT2D eigenvalue weighted by Crippen LogP contribution is -2.26. The molecule has 1 aromatic rings. The Morgan fingerprint density at radius 1 is 1.57 bits per heavy atom. The summed E-state index contributed by atoms with van der Waals surface area (Å²) >= 11 is 1.55. The molecule has 1 N–H and O–H groups in total. The third-order valence-electron chi connectivity index (χ3n) is 3.83. The summed E-state index contributed by atoms with van der Waals surface area (Å²) in [5, 5.41) is 16.1. The maximum absolute atomic E-state index is 11.0. The highest BCUT2D eigenvalue weighted by atomic mass is 32.2. The number of hydrogen-bond donors (Lipinski definition) is 1. The first kappa shape index (κ1) is 15.9. The Hall–Kier alpha value is -1.93. The molecule has 2 aliphatic rings. The van der Waals surface area contributed by atoms with Gasteiger partial charge in [-0.25, -0.2) is 0 Å². The largest absolute Gasteiger partial charge is 0.376 e. The number of rotatable bonds is 4. The van der Waals surface area contributed by atoms with Gasteiger partial charge in [-0.2, -0.15) is 5.10 Å². The average Bonchev–Trinajstić information content (AvgIpc) is 3.07. The number of aryl methyl sites for hydroxylation is 1. The molecule has 7 nitrogen and oxygen atoms in total. The Morgan fingerprint density at radius 3 is 3.09 bits per heavy atom.